The van der Waals surface area contributed by atoms with Crippen molar-refractivity contribution in [3.63, 3.8) is 0 Å². The van der Waals surface area contributed by atoms with Gasteiger partial charge >= 0.3 is 5.97 Å². The monoisotopic (exact) mass is 1160 g/mol. The smallest absolute Gasteiger partial charge is 0.306 e. The quantitative estimate of drug-likeness (QED) is 0.0528. The van der Waals surface area contributed by atoms with Crippen molar-refractivity contribution in [2.75, 3.05) is 69.5 Å². The van der Waals surface area contributed by atoms with Crippen LogP contribution in [0.1, 0.15) is 79.7 Å². The van der Waals surface area contributed by atoms with Gasteiger partial charge in [0.25, 0.3) is 0 Å². The zero-order valence-corrected chi connectivity index (χ0v) is 48.1. The van der Waals surface area contributed by atoms with Crippen LogP contribution in [0.3, 0.4) is 0 Å². The lowest BCUT2D eigenvalue weighted by molar-refractivity contribution is -0.143. The Morgan fingerprint density at radius 1 is 0.952 bits per heavy atom. The highest BCUT2D eigenvalue weighted by molar-refractivity contribution is 7.89. The number of benzene rings is 5. The highest BCUT2D eigenvalue weighted by Crippen LogP contribution is 2.42. The first kappa shape index (κ1) is 56.3. The van der Waals surface area contributed by atoms with E-state index in [2.05, 4.69) is 31.4 Å². The molecule has 2 N–H and O–H groups in total. The van der Waals surface area contributed by atoms with E-state index in [0.717, 1.165) is 35.1 Å². The molecule has 0 radical (unpaired) electrons. The van der Waals surface area contributed by atoms with E-state index < -0.39 is 33.7 Å². The number of pyridine rings is 1. The van der Waals surface area contributed by atoms with E-state index in [4.69, 9.17) is 40.1 Å². The highest BCUT2D eigenvalue weighted by atomic mass is 32.2. The van der Waals surface area contributed by atoms with Crippen LogP contribution < -0.4 is 29.3 Å². The molecule has 3 fully saturated rings. The summed E-state index contributed by atoms with van der Waals surface area (Å²) in [5, 5.41) is 24.0. The van der Waals surface area contributed by atoms with Gasteiger partial charge in [-0.25, -0.2) is 26.9 Å². The molecule has 0 aliphatic carbocycles. The standard InChI is InChI=1S/C62H64F2N10O9S/c1-7-46-50(63)15-11-38-24-43(75)27-48(56(38)46)58-57(64)59-49(30-65-58)61(73-33-41-12-13-42(34-73)66-41)68-62(67-59)72-19-17-44(18-20-72)81-21-22-82-45-14-16-54-52(28-45)83-36(4)31-74(84(54,77)78)32-40-23-37(10-9-35(40)3)47(29-55(76)80-8-2)39-25-51-60(53(26-39)79-6)71(5)70-69-51/h1,9-11,14-16,23-28,30,36,41-42,44,47,66,75H,8,12-13,17-22,29,31-34H2,2-6H3/t36-,41-,42+,47?/m1/s1. The third-order valence-electron chi connectivity index (χ3n) is 16.5. The van der Waals surface area contributed by atoms with Gasteiger partial charge in [0, 0.05) is 81.0 Å². The topological polar surface area (TPSA) is 209 Å². The molecule has 4 aliphatic rings. The summed E-state index contributed by atoms with van der Waals surface area (Å²) in [6.45, 7) is 8.71. The fourth-order valence-electron chi connectivity index (χ4n) is 12.3. The average Bonchev–Trinajstić information content (AvgIpc) is 1.33. The summed E-state index contributed by atoms with van der Waals surface area (Å²) in [5.41, 5.74) is 4.52. The number of phenols is 1. The Hall–Kier alpha value is -8.23. The zero-order chi connectivity index (χ0) is 58.6. The first-order valence-corrected chi connectivity index (χ1v) is 29.7. The number of carbonyl (C=O) groups excluding carboxylic acids is 1. The Labute approximate surface area is 484 Å². The number of piperazine rings is 1. The summed E-state index contributed by atoms with van der Waals surface area (Å²) in [6, 6.07) is 20.4. The molecule has 4 aliphatic heterocycles. The van der Waals surface area contributed by atoms with Gasteiger partial charge < -0.3 is 43.9 Å². The summed E-state index contributed by atoms with van der Waals surface area (Å²) in [5.74, 6) is 2.10. The fraction of sp³-hybridized carbons (Fsp3) is 0.387. The number of aromatic hydroxyl groups is 1. The summed E-state index contributed by atoms with van der Waals surface area (Å²) in [4.78, 5) is 31.9. The number of ether oxygens (including phenoxy) is 5. The maximum Gasteiger partial charge on any atom is 0.306 e. The van der Waals surface area contributed by atoms with Crippen molar-refractivity contribution in [2.45, 2.75) is 94.5 Å². The number of phenolic OH excluding ortho intramolecular Hbond substituents is 1. The molecule has 1 unspecified atom stereocenters. The number of hydrogen-bond acceptors (Lipinski definition) is 17. The number of nitrogens with zero attached hydrogens (tertiary/aromatic N) is 9. The lowest BCUT2D eigenvalue weighted by Crippen LogP contribution is -2.51. The molecule has 0 spiro atoms. The first-order valence-electron chi connectivity index (χ1n) is 28.3. The van der Waals surface area contributed by atoms with Gasteiger partial charge in [-0.05, 0) is 117 Å². The van der Waals surface area contributed by atoms with Crippen LogP contribution in [-0.4, -0.2) is 138 Å². The number of hydrogen-bond donors (Lipinski definition) is 2. The van der Waals surface area contributed by atoms with Crippen LogP contribution in [0.5, 0.6) is 23.0 Å². The highest BCUT2D eigenvalue weighted by Gasteiger charge is 2.37. The molecule has 3 aromatic heterocycles. The molecule has 84 heavy (non-hydrogen) atoms. The SMILES string of the molecule is C#Cc1c(F)ccc2cc(O)cc(-c3ncc4c(N5C[C@H]6CC[C@@H](C5)N6)nc(N5CCC(OCCOc6ccc7c(c6)O[C@H](C)CN(Cc6cc(C(CC(=O)OCC)c8cc(OC)c9c(c8)nnn9C)ccc6C)S7(=O)=O)CC5)nc4c3F)c12. The van der Waals surface area contributed by atoms with E-state index in [0.29, 0.717) is 84.1 Å². The number of nitrogens with one attached hydrogen (secondary N) is 1. The third-order valence-corrected chi connectivity index (χ3v) is 18.3. The number of anilines is 2. The second kappa shape index (κ2) is 23.1. The molecule has 2 bridgehead atoms. The number of terminal acetylenes is 1. The maximum absolute atomic E-state index is 17.3. The van der Waals surface area contributed by atoms with Gasteiger partial charge in [0.2, 0.25) is 16.0 Å². The molecule has 12 rings (SSSR count). The number of aromatic nitrogens is 6. The van der Waals surface area contributed by atoms with Gasteiger partial charge in [0.1, 0.15) is 74.5 Å². The summed E-state index contributed by atoms with van der Waals surface area (Å²) < 4.78 is 94.5. The Bertz CT molecular complexity index is 4030. The minimum Gasteiger partial charge on any atom is -0.508 e. The number of esters is 1. The van der Waals surface area contributed by atoms with Crippen LogP contribution >= 0.6 is 0 Å². The molecule has 0 amide bonds. The maximum atomic E-state index is 17.3. The van der Waals surface area contributed by atoms with Gasteiger partial charge in [-0.2, -0.15) is 9.29 Å². The van der Waals surface area contributed by atoms with E-state index >= 15 is 8.78 Å². The second-order valence-corrected chi connectivity index (χ2v) is 23.9. The number of carbonyl (C=O) groups is 1. The van der Waals surface area contributed by atoms with Crippen LogP contribution in [0.15, 0.2) is 83.9 Å². The van der Waals surface area contributed by atoms with Crippen LogP contribution in [0.4, 0.5) is 20.5 Å². The van der Waals surface area contributed by atoms with Gasteiger partial charge in [0.05, 0.1) is 50.3 Å². The van der Waals surface area contributed by atoms with Crippen molar-refractivity contribution < 1.29 is 50.8 Å². The average molecular weight is 1160 g/mol. The number of aryl methyl sites for hydroxylation is 2. The van der Waals surface area contributed by atoms with Gasteiger partial charge in [-0.1, -0.05) is 35.4 Å². The second-order valence-electron chi connectivity index (χ2n) is 22.0. The van der Waals surface area contributed by atoms with Crippen LogP contribution in [0, 0.1) is 30.9 Å². The normalized spacial score (nSPS) is 19.2. The summed E-state index contributed by atoms with van der Waals surface area (Å²) in [6.07, 6.45) is 10.0. The number of halogens is 2. The van der Waals surface area contributed by atoms with Crippen LogP contribution in [0.25, 0.3) is 44.0 Å². The van der Waals surface area contributed by atoms with Crippen molar-refractivity contribution in [1.29, 1.82) is 0 Å². The van der Waals surface area contributed by atoms with Gasteiger partial charge in [0.15, 0.2) is 5.82 Å². The van der Waals surface area contributed by atoms with E-state index in [-0.39, 0.29) is 108 Å². The van der Waals surface area contributed by atoms with Gasteiger partial charge in [-0.3, -0.25) is 9.78 Å². The molecular formula is C62H64F2N10O9S. The number of sulfonamides is 1. The lowest BCUT2D eigenvalue weighted by atomic mass is 9.86. The minimum absolute atomic E-state index is 0.0171. The Balaban J connectivity index is 0.718. The van der Waals surface area contributed by atoms with Crippen LogP contribution in [0.2, 0.25) is 0 Å². The lowest BCUT2D eigenvalue weighted by Gasteiger charge is -2.36. The Morgan fingerprint density at radius 3 is 2.51 bits per heavy atom. The van der Waals surface area contributed by atoms with Crippen molar-refractivity contribution in [1.82, 2.24) is 39.6 Å². The molecule has 8 aromatic rings. The van der Waals surface area contributed by atoms with E-state index in [1.54, 1.807) is 44.1 Å². The van der Waals surface area contributed by atoms with Crippen LogP contribution in [-0.2, 0) is 37.9 Å². The largest absolute Gasteiger partial charge is 0.508 e. The Kier molecular flexibility index (Phi) is 15.5. The minimum atomic E-state index is -4.09. The number of methoxy groups -OCH3 is 1. The zero-order valence-electron chi connectivity index (χ0n) is 47.3. The molecule has 19 nitrogen and oxygen atoms in total. The molecule has 0 saturated carbocycles. The number of rotatable bonds is 16. The molecule has 7 heterocycles. The molecular weight excluding hydrogens is 1100 g/mol. The molecule has 436 valence electrons. The molecule has 5 aromatic carbocycles. The van der Waals surface area contributed by atoms with Crippen molar-refractivity contribution >= 4 is 60.5 Å². The van der Waals surface area contributed by atoms with Crippen molar-refractivity contribution in [2.24, 2.45) is 7.05 Å². The molecule has 22 heteroatoms. The Morgan fingerprint density at radius 2 is 1.75 bits per heavy atom. The number of piperidine rings is 1. The first-order chi connectivity index (χ1) is 40.6. The fourth-order valence-corrected chi connectivity index (χ4v) is 13.9. The van der Waals surface area contributed by atoms with E-state index in [1.165, 1.54) is 34.6 Å². The molecule has 3 saturated heterocycles. The summed E-state index contributed by atoms with van der Waals surface area (Å²) >= 11 is 0. The van der Waals surface area contributed by atoms with Crippen molar-refractivity contribution in [3.8, 4) is 46.6 Å². The van der Waals surface area contributed by atoms with Crippen molar-refractivity contribution in [3.05, 3.63) is 118 Å². The predicted molar refractivity (Wildman–Crippen MR) is 312 cm³/mol. The molecule has 4 atom stereocenters. The summed E-state index contributed by atoms with van der Waals surface area (Å²) in [7, 11) is -0.735. The third kappa shape index (κ3) is 10.8. The van der Waals surface area contributed by atoms with Gasteiger partial charge in [-0.15, -0.1) is 11.5 Å². The van der Waals surface area contributed by atoms with E-state index in [9.17, 15) is 18.3 Å². The predicted octanol–water partition coefficient (Wildman–Crippen LogP) is 8.47. The number of fused-ring (bicyclic) bond motifs is 6. The van der Waals surface area contributed by atoms with E-state index in [1.807, 2.05) is 49.1 Å².